The van der Waals surface area contributed by atoms with Gasteiger partial charge in [0.2, 0.25) is 11.8 Å². The van der Waals surface area contributed by atoms with Crippen molar-refractivity contribution >= 4 is 23.4 Å². The molecule has 10 heteroatoms. The summed E-state index contributed by atoms with van der Waals surface area (Å²) in [5.41, 5.74) is 0.210. The molecule has 1 N–H and O–H groups in total. The lowest BCUT2D eigenvalue weighted by Crippen LogP contribution is -2.41. The minimum atomic E-state index is -0.596. The summed E-state index contributed by atoms with van der Waals surface area (Å²) < 4.78 is 16.0. The number of carbonyl (C=O) groups is 2. The molecule has 0 saturated carbocycles. The molecule has 0 bridgehead atoms. The van der Waals surface area contributed by atoms with Crippen LogP contribution in [0.2, 0.25) is 5.02 Å². The Morgan fingerprint density at radius 1 is 1.43 bits per heavy atom. The summed E-state index contributed by atoms with van der Waals surface area (Å²) in [7, 11) is 3.05. The molecule has 2 amide bonds. The summed E-state index contributed by atoms with van der Waals surface area (Å²) >= 11 is 6.05. The maximum Gasteiger partial charge on any atom is 0.346 e. The van der Waals surface area contributed by atoms with Crippen molar-refractivity contribution in [1.82, 2.24) is 24.6 Å². The van der Waals surface area contributed by atoms with Crippen molar-refractivity contribution in [3.63, 3.8) is 0 Å². The molecule has 0 radical (unpaired) electrons. The van der Waals surface area contributed by atoms with Crippen molar-refractivity contribution in [1.29, 1.82) is 0 Å². The quantitative estimate of drug-likeness (QED) is 0.796. The second-order valence-electron chi connectivity index (χ2n) is 6.75. The minimum Gasteiger partial charge on any atom is -0.358 e. The fraction of sp³-hybridized carbons (Fsp3) is 0.444. The highest BCUT2D eigenvalue weighted by atomic mass is 35.5. The van der Waals surface area contributed by atoms with Crippen LogP contribution in [0.25, 0.3) is 0 Å². The van der Waals surface area contributed by atoms with Crippen LogP contribution in [0.1, 0.15) is 30.1 Å². The van der Waals surface area contributed by atoms with Gasteiger partial charge in [-0.05, 0) is 30.5 Å². The van der Waals surface area contributed by atoms with Gasteiger partial charge in [-0.15, -0.1) is 0 Å². The molecule has 28 heavy (non-hydrogen) atoms. The van der Waals surface area contributed by atoms with Crippen LogP contribution in [0.15, 0.2) is 23.0 Å². The number of carbonyl (C=O) groups excluding carboxylic acids is 2. The van der Waals surface area contributed by atoms with Gasteiger partial charge in [-0.2, -0.15) is 5.10 Å². The lowest BCUT2D eigenvalue weighted by atomic mass is 9.97. The first-order valence-corrected chi connectivity index (χ1v) is 9.26. The van der Waals surface area contributed by atoms with E-state index in [1.54, 1.807) is 7.05 Å². The standard InChI is InChI=1S/C18H21ClFN5O3/c1-21-15(26)10-23(2)17(27)13-4-3-7-24-16(13)22-25(18(24)28)9-11-5-6-12(20)8-14(11)19/h5-6,8,13H,3-4,7,9-10H2,1-2H3,(H,21,26). The van der Waals surface area contributed by atoms with Crippen LogP contribution in [0.5, 0.6) is 0 Å². The van der Waals surface area contributed by atoms with Crippen LogP contribution in [0, 0.1) is 5.82 Å². The Kier molecular flexibility index (Phi) is 5.83. The van der Waals surface area contributed by atoms with Crippen molar-refractivity contribution in [3.8, 4) is 0 Å². The predicted molar refractivity (Wildman–Crippen MR) is 101 cm³/mol. The number of nitrogens with one attached hydrogen (secondary N) is 1. The van der Waals surface area contributed by atoms with E-state index in [2.05, 4.69) is 10.4 Å². The largest absolute Gasteiger partial charge is 0.358 e. The SMILES string of the molecule is CNC(=O)CN(C)C(=O)C1CCCn2c1nn(Cc1ccc(F)cc1Cl)c2=O. The first kappa shape index (κ1) is 20.1. The molecule has 0 saturated heterocycles. The molecule has 1 unspecified atom stereocenters. The van der Waals surface area contributed by atoms with Crippen LogP contribution in [-0.4, -0.2) is 51.7 Å². The maximum absolute atomic E-state index is 13.2. The highest BCUT2D eigenvalue weighted by molar-refractivity contribution is 6.31. The monoisotopic (exact) mass is 409 g/mol. The van der Waals surface area contributed by atoms with Gasteiger partial charge in [0, 0.05) is 25.7 Å². The number of halogens is 2. The van der Waals surface area contributed by atoms with Crippen molar-refractivity contribution in [2.24, 2.45) is 0 Å². The summed E-state index contributed by atoms with van der Waals surface area (Å²) in [5.74, 6) is -1.22. The number of nitrogens with zero attached hydrogens (tertiary/aromatic N) is 4. The summed E-state index contributed by atoms with van der Waals surface area (Å²) in [4.78, 5) is 38.4. The van der Waals surface area contributed by atoms with Gasteiger partial charge in [0.25, 0.3) is 0 Å². The molecule has 1 aromatic heterocycles. The Hall–Kier alpha value is -2.68. The second-order valence-corrected chi connectivity index (χ2v) is 7.16. The molecule has 3 rings (SSSR count). The number of rotatable bonds is 5. The maximum atomic E-state index is 13.2. The van der Waals surface area contributed by atoms with Crippen LogP contribution in [0.4, 0.5) is 4.39 Å². The fourth-order valence-corrected chi connectivity index (χ4v) is 3.52. The Balaban J connectivity index is 1.88. The fourth-order valence-electron chi connectivity index (χ4n) is 3.29. The van der Waals surface area contributed by atoms with Crippen LogP contribution in [0.3, 0.4) is 0 Å². The molecular formula is C18H21ClFN5O3. The van der Waals surface area contributed by atoms with E-state index in [0.29, 0.717) is 30.8 Å². The highest BCUT2D eigenvalue weighted by Gasteiger charge is 2.33. The summed E-state index contributed by atoms with van der Waals surface area (Å²) in [6.07, 6.45) is 1.20. The average molecular weight is 410 g/mol. The molecule has 8 nitrogen and oxygen atoms in total. The van der Waals surface area contributed by atoms with Gasteiger partial charge in [-0.25, -0.2) is 13.9 Å². The van der Waals surface area contributed by atoms with Gasteiger partial charge in [0.15, 0.2) is 0 Å². The topological polar surface area (TPSA) is 89.2 Å². The molecule has 0 spiro atoms. The zero-order valence-electron chi connectivity index (χ0n) is 15.6. The van der Waals surface area contributed by atoms with Gasteiger partial charge in [0.1, 0.15) is 11.6 Å². The van der Waals surface area contributed by atoms with Crippen LogP contribution in [-0.2, 0) is 22.7 Å². The number of fused-ring (bicyclic) bond motifs is 1. The van der Waals surface area contributed by atoms with E-state index in [1.807, 2.05) is 0 Å². The van der Waals surface area contributed by atoms with E-state index in [1.165, 1.54) is 39.4 Å². The number of amides is 2. The van der Waals surface area contributed by atoms with E-state index in [9.17, 15) is 18.8 Å². The number of benzene rings is 1. The third-order valence-corrected chi connectivity index (χ3v) is 5.16. The van der Waals surface area contributed by atoms with Crippen LogP contribution < -0.4 is 11.0 Å². The van der Waals surface area contributed by atoms with Gasteiger partial charge in [-0.1, -0.05) is 17.7 Å². The lowest BCUT2D eigenvalue weighted by Gasteiger charge is -2.25. The van der Waals surface area contributed by atoms with Crippen molar-refractivity contribution < 1.29 is 14.0 Å². The molecule has 2 heterocycles. The van der Waals surface area contributed by atoms with E-state index < -0.39 is 11.7 Å². The predicted octanol–water partition coefficient (Wildman–Crippen LogP) is 0.967. The molecule has 0 fully saturated rings. The van der Waals surface area contributed by atoms with E-state index in [-0.39, 0.29) is 35.6 Å². The molecule has 0 aliphatic carbocycles. The molecule has 1 aliphatic rings. The summed E-state index contributed by atoms with van der Waals surface area (Å²) in [6.45, 7) is 0.475. The lowest BCUT2D eigenvalue weighted by molar-refractivity contribution is -0.136. The normalized spacial score (nSPS) is 15.8. The van der Waals surface area contributed by atoms with Crippen LogP contribution >= 0.6 is 11.6 Å². The number of likely N-dealkylation sites (N-methyl/N-ethyl adjacent to an activating group) is 2. The third-order valence-electron chi connectivity index (χ3n) is 4.81. The van der Waals surface area contributed by atoms with E-state index in [4.69, 9.17) is 11.6 Å². The Morgan fingerprint density at radius 3 is 2.86 bits per heavy atom. The zero-order valence-corrected chi connectivity index (χ0v) is 16.4. The first-order chi connectivity index (χ1) is 13.3. The van der Waals surface area contributed by atoms with Gasteiger partial charge >= 0.3 is 5.69 Å². The number of aromatic nitrogens is 3. The third kappa shape index (κ3) is 3.94. The van der Waals surface area contributed by atoms with Gasteiger partial charge < -0.3 is 10.2 Å². The zero-order chi connectivity index (χ0) is 20.4. The molecular weight excluding hydrogens is 389 g/mol. The average Bonchev–Trinajstić information content (AvgIpc) is 2.99. The Labute approximate surface area is 165 Å². The molecule has 1 aliphatic heterocycles. The van der Waals surface area contributed by atoms with Crippen molar-refractivity contribution in [2.75, 3.05) is 20.6 Å². The number of hydrogen-bond acceptors (Lipinski definition) is 4. The van der Waals surface area contributed by atoms with Gasteiger partial charge in [-0.3, -0.25) is 14.2 Å². The van der Waals surface area contributed by atoms with Crippen molar-refractivity contribution in [3.05, 3.63) is 50.9 Å². The second kappa shape index (κ2) is 8.14. The minimum absolute atomic E-state index is 0.0675. The van der Waals surface area contributed by atoms with E-state index in [0.717, 1.165) is 0 Å². The summed E-state index contributed by atoms with van der Waals surface area (Å²) in [5, 5.41) is 7.04. The summed E-state index contributed by atoms with van der Waals surface area (Å²) in [6, 6.07) is 3.95. The molecule has 1 atom stereocenters. The highest BCUT2D eigenvalue weighted by Crippen LogP contribution is 2.26. The Morgan fingerprint density at radius 2 is 2.18 bits per heavy atom. The smallest absolute Gasteiger partial charge is 0.346 e. The van der Waals surface area contributed by atoms with Gasteiger partial charge in [0.05, 0.1) is 19.0 Å². The van der Waals surface area contributed by atoms with Crippen molar-refractivity contribution in [2.45, 2.75) is 31.8 Å². The molecule has 150 valence electrons. The molecule has 2 aromatic rings. The number of hydrogen-bond donors (Lipinski definition) is 1. The first-order valence-electron chi connectivity index (χ1n) is 8.89. The Bertz CT molecular complexity index is 971. The molecule has 1 aromatic carbocycles. The van der Waals surface area contributed by atoms with E-state index >= 15 is 0 Å².